The lowest BCUT2D eigenvalue weighted by molar-refractivity contribution is 0.790. The minimum absolute atomic E-state index is 1.24. The van der Waals surface area contributed by atoms with Gasteiger partial charge >= 0.3 is 0 Å². The van der Waals surface area contributed by atoms with Crippen LogP contribution in [0.5, 0.6) is 0 Å². The minimum Gasteiger partial charge on any atom is -0.0654 e. The first-order valence-corrected chi connectivity index (χ1v) is 4.80. The molecule has 1 rings (SSSR count). The van der Waals surface area contributed by atoms with Crippen LogP contribution in [0.25, 0.3) is 0 Å². The monoisotopic (exact) mass is 162 g/mol. The maximum atomic E-state index is 2.25. The second kappa shape index (κ2) is 4.30. The highest BCUT2D eigenvalue weighted by molar-refractivity contribution is 5.33. The van der Waals surface area contributed by atoms with Crippen molar-refractivity contribution in [2.24, 2.45) is 0 Å². The molecule has 0 fully saturated rings. The first-order chi connectivity index (χ1) is 5.75. The molecule has 0 amide bonds. The molecular formula is C12H18. The number of hydrogen-bond acceptors (Lipinski definition) is 0. The van der Waals surface area contributed by atoms with Gasteiger partial charge in [0.15, 0.2) is 0 Å². The van der Waals surface area contributed by atoms with Gasteiger partial charge in [-0.1, -0.05) is 31.5 Å². The summed E-state index contributed by atoms with van der Waals surface area (Å²) in [7, 11) is 0. The Morgan fingerprint density at radius 3 is 2.58 bits per heavy atom. The highest BCUT2D eigenvalue weighted by atomic mass is 14.0. The van der Waals surface area contributed by atoms with Crippen molar-refractivity contribution in [3.05, 3.63) is 34.9 Å². The Hall–Kier alpha value is -0.780. The van der Waals surface area contributed by atoms with Gasteiger partial charge in [-0.3, -0.25) is 0 Å². The maximum Gasteiger partial charge on any atom is -0.0276 e. The van der Waals surface area contributed by atoms with E-state index in [2.05, 4.69) is 39.0 Å². The van der Waals surface area contributed by atoms with E-state index < -0.39 is 0 Å². The zero-order valence-electron chi connectivity index (χ0n) is 8.35. The van der Waals surface area contributed by atoms with Crippen molar-refractivity contribution in [3.8, 4) is 0 Å². The first-order valence-electron chi connectivity index (χ1n) is 4.80. The van der Waals surface area contributed by atoms with E-state index in [0.717, 1.165) is 0 Å². The molecule has 0 saturated heterocycles. The van der Waals surface area contributed by atoms with Gasteiger partial charge in [0.2, 0.25) is 0 Å². The second-order valence-corrected chi connectivity index (χ2v) is 3.46. The summed E-state index contributed by atoms with van der Waals surface area (Å²) < 4.78 is 0. The van der Waals surface area contributed by atoms with Crippen LogP contribution in [-0.4, -0.2) is 0 Å². The average molecular weight is 162 g/mol. The molecule has 0 saturated carbocycles. The zero-order chi connectivity index (χ0) is 8.97. The van der Waals surface area contributed by atoms with Crippen molar-refractivity contribution in [1.29, 1.82) is 0 Å². The quantitative estimate of drug-likeness (QED) is 0.636. The number of rotatable bonds is 3. The highest BCUT2D eigenvalue weighted by Gasteiger charge is 1.98. The van der Waals surface area contributed by atoms with Crippen LogP contribution in [0.15, 0.2) is 18.2 Å². The molecule has 1 aromatic carbocycles. The fourth-order valence-electron chi connectivity index (χ4n) is 1.45. The van der Waals surface area contributed by atoms with Crippen molar-refractivity contribution in [2.75, 3.05) is 0 Å². The Labute approximate surface area is 75.6 Å². The Bertz CT molecular complexity index is 248. The summed E-state index contributed by atoms with van der Waals surface area (Å²) >= 11 is 0. The number of aryl methyl sites for hydroxylation is 2. The molecule has 0 aromatic heterocycles. The van der Waals surface area contributed by atoms with Gasteiger partial charge in [-0.15, -0.1) is 0 Å². The molecule has 66 valence electrons. The Kier molecular flexibility index (Phi) is 3.33. The first kappa shape index (κ1) is 9.31. The van der Waals surface area contributed by atoms with E-state index in [1.54, 1.807) is 0 Å². The summed E-state index contributed by atoms with van der Waals surface area (Å²) in [6.45, 7) is 6.65. The zero-order valence-corrected chi connectivity index (χ0v) is 8.35. The summed E-state index contributed by atoms with van der Waals surface area (Å²) in [6.07, 6.45) is 3.84. The van der Waals surface area contributed by atoms with Crippen LogP contribution in [0.2, 0.25) is 0 Å². The Morgan fingerprint density at radius 2 is 1.92 bits per heavy atom. The van der Waals surface area contributed by atoms with Crippen LogP contribution in [0.4, 0.5) is 0 Å². The van der Waals surface area contributed by atoms with Gasteiger partial charge in [-0.05, 0) is 43.4 Å². The summed E-state index contributed by atoms with van der Waals surface area (Å²) in [4.78, 5) is 0. The fourth-order valence-corrected chi connectivity index (χ4v) is 1.45. The summed E-state index contributed by atoms with van der Waals surface area (Å²) in [5, 5.41) is 0. The van der Waals surface area contributed by atoms with Crippen LogP contribution in [0, 0.1) is 13.8 Å². The molecular weight excluding hydrogens is 144 g/mol. The van der Waals surface area contributed by atoms with Gasteiger partial charge in [-0.25, -0.2) is 0 Å². The lowest BCUT2D eigenvalue weighted by Gasteiger charge is -2.06. The predicted molar refractivity (Wildman–Crippen MR) is 54.5 cm³/mol. The van der Waals surface area contributed by atoms with Crippen LogP contribution >= 0.6 is 0 Å². The van der Waals surface area contributed by atoms with E-state index in [1.165, 1.54) is 36.0 Å². The molecule has 0 atom stereocenters. The van der Waals surface area contributed by atoms with Gasteiger partial charge in [-0.2, -0.15) is 0 Å². The van der Waals surface area contributed by atoms with E-state index in [-0.39, 0.29) is 0 Å². The Morgan fingerprint density at radius 1 is 1.17 bits per heavy atom. The largest absolute Gasteiger partial charge is 0.0654 e. The van der Waals surface area contributed by atoms with E-state index in [9.17, 15) is 0 Å². The van der Waals surface area contributed by atoms with Crippen LogP contribution in [0.3, 0.4) is 0 Å². The molecule has 0 heterocycles. The molecule has 1 aromatic rings. The number of hydrogen-bond donors (Lipinski definition) is 0. The molecule has 12 heavy (non-hydrogen) atoms. The Balaban J connectivity index is 2.78. The minimum atomic E-state index is 1.24. The highest BCUT2D eigenvalue weighted by Crippen LogP contribution is 2.14. The lowest BCUT2D eigenvalue weighted by atomic mass is 9.99. The fraction of sp³-hybridized carbons (Fsp3) is 0.500. The van der Waals surface area contributed by atoms with Gasteiger partial charge < -0.3 is 0 Å². The standard InChI is InChI=1S/C12H18/c1-4-5-8-12-9-6-7-10(2)11(12)3/h6-7,9H,4-5,8H2,1-3H3. The molecule has 0 nitrogen and oxygen atoms in total. The van der Waals surface area contributed by atoms with Crippen molar-refractivity contribution < 1.29 is 0 Å². The van der Waals surface area contributed by atoms with Gasteiger partial charge in [0.1, 0.15) is 0 Å². The molecule has 0 spiro atoms. The van der Waals surface area contributed by atoms with E-state index in [1.807, 2.05) is 0 Å². The molecule has 0 heteroatoms. The van der Waals surface area contributed by atoms with Crippen molar-refractivity contribution in [3.63, 3.8) is 0 Å². The van der Waals surface area contributed by atoms with Gasteiger partial charge in [0, 0.05) is 0 Å². The van der Waals surface area contributed by atoms with E-state index in [0.29, 0.717) is 0 Å². The molecule has 0 aliphatic carbocycles. The predicted octanol–water partition coefficient (Wildman–Crippen LogP) is 3.65. The third-order valence-corrected chi connectivity index (χ3v) is 2.52. The third kappa shape index (κ3) is 2.10. The second-order valence-electron chi connectivity index (χ2n) is 3.46. The molecule has 0 N–H and O–H groups in total. The van der Waals surface area contributed by atoms with Crippen LogP contribution in [0.1, 0.15) is 36.5 Å². The normalized spacial score (nSPS) is 10.2. The maximum absolute atomic E-state index is 2.25. The van der Waals surface area contributed by atoms with E-state index >= 15 is 0 Å². The summed E-state index contributed by atoms with van der Waals surface area (Å²) in [6, 6.07) is 6.59. The molecule has 0 aliphatic heterocycles. The molecule has 0 unspecified atom stereocenters. The van der Waals surface area contributed by atoms with Gasteiger partial charge in [0.25, 0.3) is 0 Å². The molecule has 0 aliphatic rings. The van der Waals surface area contributed by atoms with Crippen molar-refractivity contribution >= 4 is 0 Å². The topological polar surface area (TPSA) is 0 Å². The third-order valence-electron chi connectivity index (χ3n) is 2.52. The van der Waals surface area contributed by atoms with E-state index in [4.69, 9.17) is 0 Å². The number of benzene rings is 1. The molecule has 0 bridgehead atoms. The smallest absolute Gasteiger partial charge is 0.0276 e. The van der Waals surface area contributed by atoms with Crippen molar-refractivity contribution in [2.45, 2.75) is 40.0 Å². The van der Waals surface area contributed by atoms with Crippen molar-refractivity contribution in [1.82, 2.24) is 0 Å². The van der Waals surface area contributed by atoms with Crippen LogP contribution in [-0.2, 0) is 6.42 Å². The van der Waals surface area contributed by atoms with Crippen LogP contribution < -0.4 is 0 Å². The van der Waals surface area contributed by atoms with Gasteiger partial charge in [0.05, 0.1) is 0 Å². The number of unbranched alkanes of at least 4 members (excludes halogenated alkanes) is 1. The summed E-state index contributed by atoms with van der Waals surface area (Å²) in [5.41, 5.74) is 4.42. The summed E-state index contributed by atoms with van der Waals surface area (Å²) in [5.74, 6) is 0. The SMILES string of the molecule is CCCCc1cccc(C)c1C. The lowest BCUT2D eigenvalue weighted by Crippen LogP contribution is -1.91. The molecule has 0 radical (unpaired) electrons. The average Bonchev–Trinajstić information content (AvgIpc) is 2.08.